The van der Waals surface area contributed by atoms with Crippen LogP contribution in [0.2, 0.25) is 0 Å². The molecule has 0 radical (unpaired) electrons. The molecule has 4 heteroatoms. The lowest BCUT2D eigenvalue weighted by atomic mass is 9.77. The fourth-order valence-corrected chi connectivity index (χ4v) is 4.41. The predicted octanol–water partition coefficient (Wildman–Crippen LogP) is 3.92. The van der Waals surface area contributed by atoms with Crippen LogP contribution in [-0.2, 0) is 9.59 Å². The fraction of sp³-hybridized carbons (Fsp3) is 0.619. The van der Waals surface area contributed by atoms with E-state index in [4.69, 9.17) is 0 Å². The Bertz CT molecular complexity index is 670. The largest absolute Gasteiger partial charge is 0.339 e. The van der Waals surface area contributed by atoms with E-state index < -0.39 is 0 Å². The van der Waals surface area contributed by atoms with Crippen molar-refractivity contribution in [3.63, 3.8) is 0 Å². The number of aryl methyl sites for hydroxylation is 2. The van der Waals surface area contributed by atoms with E-state index in [-0.39, 0.29) is 17.7 Å². The summed E-state index contributed by atoms with van der Waals surface area (Å²) in [5, 5.41) is 3.03. The molecule has 136 valence electrons. The summed E-state index contributed by atoms with van der Waals surface area (Å²) in [5.41, 5.74) is 3.09. The van der Waals surface area contributed by atoms with Crippen LogP contribution >= 0.6 is 0 Å². The molecule has 1 aliphatic heterocycles. The van der Waals surface area contributed by atoms with Crippen molar-refractivity contribution in [2.75, 3.05) is 11.9 Å². The lowest BCUT2D eigenvalue weighted by Gasteiger charge is -2.40. The van der Waals surface area contributed by atoms with Gasteiger partial charge in [0, 0.05) is 24.7 Å². The monoisotopic (exact) mass is 342 g/mol. The zero-order valence-electron chi connectivity index (χ0n) is 15.8. The number of carbonyl (C=O) groups is 2. The molecule has 1 heterocycles. The molecular weight excluding hydrogens is 312 g/mol. The number of benzene rings is 1. The Morgan fingerprint density at radius 2 is 1.96 bits per heavy atom. The number of likely N-dealkylation sites (tertiary alicyclic amines) is 1. The summed E-state index contributed by atoms with van der Waals surface area (Å²) in [6.07, 6.45) is 3.84. The summed E-state index contributed by atoms with van der Waals surface area (Å²) >= 11 is 0. The molecule has 0 spiro atoms. The third-order valence-electron chi connectivity index (χ3n) is 6.23. The Hall–Kier alpha value is -1.84. The molecule has 1 aromatic carbocycles. The summed E-state index contributed by atoms with van der Waals surface area (Å²) in [4.78, 5) is 27.2. The van der Waals surface area contributed by atoms with E-state index in [1.54, 1.807) is 0 Å². The van der Waals surface area contributed by atoms with E-state index >= 15 is 0 Å². The molecule has 4 atom stereocenters. The Kier molecular flexibility index (Phi) is 5.16. The highest BCUT2D eigenvalue weighted by molar-refractivity contribution is 5.97. The van der Waals surface area contributed by atoms with Crippen LogP contribution in [-0.4, -0.2) is 29.3 Å². The minimum atomic E-state index is -0.238. The molecule has 0 aromatic heterocycles. The summed E-state index contributed by atoms with van der Waals surface area (Å²) in [5.74, 6) is 1.04. The first-order valence-electron chi connectivity index (χ1n) is 9.54. The highest BCUT2D eigenvalue weighted by Gasteiger charge is 2.41. The van der Waals surface area contributed by atoms with Crippen molar-refractivity contribution in [2.45, 2.75) is 59.4 Å². The maximum Gasteiger partial charge on any atom is 0.229 e. The summed E-state index contributed by atoms with van der Waals surface area (Å²) < 4.78 is 0. The van der Waals surface area contributed by atoms with Gasteiger partial charge in [0.05, 0.1) is 5.92 Å². The second kappa shape index (κ2) is 7.19. The molecule has 2 amide bonds. The van der Waals surface area contributed by atoms with Gasteiger partial charge in [-0.3, -0.25) is 9.59 Å². The first kappa shape index (κ1) is 18.0. The molecule has 2 aliphatic rings. The first-order valence-corrected chi connectivity index (χ1v) is 9.54. The van der Waals surface area contributed by atoms with E-state index in [2.05, 4.69) is 25.2 Å². The molecule has 1 saturated carbocycles. The SMILES string of the molecule is Cc1ccc(NC(=O)[C@@H]2CC(=O)N([C@H]3CCC[C@H](C)[C@@H]3C)C2)c(C)c1. The zero-order valence-corrected chi connectivity index (χ0v) is 15.8. The van der Waals surface area contributed by atoms with Crippen molar-refractivity contribution >= 4 is 17.5 Å². The van der Waals surface area contributed by atoms with Gasteiger partial charge < -0.3 is 10.2 Å². The van der Waals surface area contributed by atoms with Gasteiger partial charge in [-0.2, -0.15) is 0 Å². The molecule has 25 heavy (non-hydrogen) atoms. The van der Waals surface area contributed by atoms with Gasteiger partial charge in [0.25, 0.3) is 0 Å². The predicted molar refractivity (Wildman–Crippen MR) is 100 cm³/mol. The first-order chi connectivity index (χ1) is 11.9. The summed E-state index contributed by atoms with van der Waals surface area (Å²) in [6, 6.07) is 6.31. The highest BCUT2D eigenvalue weighted by Crippen LogP contribution is 2.36. The lowest BCUT2D eigenvalue weighted by Crippen LogP contribution is -2.45. The molecule has 0 bridgehead atoms. The number of nitrogens with one attached hydrogen (secondary N) is 1. The third-order valence-corrected chi connectivity index (χ3v) is 6.23. The molecule has 0 unspecified atom stereocenters. The quantitative estimate of drug-likeness (QED) is 0.905. The molecular formula is C21H30N2O2. The van der Waals surface area contributed by atoms with Crippen LogP contribution in [0.3, 0.4) is 0 Å². The van der Waals surface area contributed by atoms with Gasteiger partial charge in [-0.1, -0.05) is 44.4 Å². The van der Waals surface area contributed by atoms with E-state index in [0.29, 0.717) is 30.8 Å². The van der Waals surface area contributed by atoms with Crippen LogP contribution in [0, 0.1) is 31.6 Å². The van der Waals surface area contributed by atoms with E-state index in [9.17, 15) is 9.59 Å². The number of hydrogen-bond acceptors (Lipinski definition) is 2. The van der Waals surface area contributed by atoms with Crippen LogP contribution in [0.15, 0.2) is 18.2 Å². The number of rotatable bonds is 3. The van der Waals surface area contributed by atoms with Gasteiger partial charge in [0.1, 0.15) is 0 Å². The van der Waals surface area contributed by atoms with Crippen molar-refractivity contribution in [1.82, 2.24) is 4.90 Å². The minimum absolute atomic E-state index is 0.0284. The molecule has 1 saturated heterocycles. The Morgan fingerprint density at radius 1 is 1.20 bits per heavy atom. The molecule has 3 rings (SSSR count). The average Bonchev–Trinajstić information content (AvgIpc) is 2.94. The second-order valence-corrected chi connectivity index (χ2v) is 8.09. The van der Waals surface area contributed by atoms with Gasteiger partial charge in [0.2, 0.25) is 11.8 Å². The summed E-state index contributed by atoms with van der Waals surface area (Å²) in [7, 11) is 0. The molecule has 1 N–H and O–H groups in total. The molecule has 4 nitrogen and oxygen atoms in total. The normalized spacial score (nSPS) is 29.8. The Balaban J connectivity index is 1.66. The smallest absolute Gasteiger partial charge is 0.229 e. The van der Waals surface area contributed by atoms with Crippen LogP contribution in [0.4, 0.5) is 5.69 Å². The topological polar surface area (TPSA) is 49.4 Å². The van der Waals surface area contributed by atoms with Crippen LogP contribution in [0.1, 0.15) is 50.7 Å². The third kappa shape index (κ3) is 3.73. The maximum atomic E-state index is 12.7. The maximum absolute atomic E-state index is 12.7. The number of carbonyl (C=O) groups excluding carboxylic acids is 2. The average molecular weight is 342 g/mol. The van der Waals surface area contributed by atoms with E-state index in [1.807, 2.05) is 30.9 Å². The van der Waals surface area contributed by atoms with E-state index in [0.717, 1.165) is 17.7 Å². The van der Waals surface area contributed by atoms with Gasteiger partial charge in [-0.15, -0.1) is 0 Å². The minimum Gasteiger partial charge on any atom is -0.339 e. The Labute approximate surface area is 151 Å². The number of nitrogens with zero attached hydrogens (tertiary/aromatic N) is 1. The summed E-state index contributed by atoms with van der Waals surface area (Å²) in [6.45, 7) is 9.14. The molecule has 1 aromatic rings. The van der Waals surface area contributed by atoms with Crippen LogP contribution in [0.25, 0.3) is 0 Å². The number of hydrogen-bond donors (Lipinski definition) is 1. The van der Waals surface area contributed by atoms with Crippen molar-refractivity contribution in [2.24, 2.45) is 17.8 Å². The second-order valence-electron chi connectivity index (χ2n) is 8.09. The standard InChI is InChI=1S/C21H30N2O2/c1-13-8-9-18(15(3)10-13)22-21(25)17-11-20(24)23(12-17)19-7-5-6-14(2)16(19)4/h8-10,14,16-17,19H,5-7,11-12H2,1-4H3,(H,22,25)/t14-,16-,17+,19-/m0/s1. The lowest BCUT2D eigenvalue weighted by molar-refractivity contribution is -0.131. The van der Waals surface area contributed by atoms with E-state index in [1.165, 1.54) is 18.4 Å². The molecule has 2 fully saturated rings. The van der Waals surface area contributed by atoms with Gasteiger partial charge in [-0.05, 0) is 43.7 Å². The fourth-order valence-electron chi connectivity index (χ4n) is 4.41. The van der Waals surface area contributed by atoms with Crippen molar-refractivity contribution < 1.29 is 9.59 Å². The zero-order chi connectivity index (χ0) is 18.1. The van der Waals surface area contributed by atoms with Crippen LogP contribution < -0.4 is 5.32 Å². The van der Waals surface area contributed by atoms with Crippen molar-refractivity contribution in [3.8, 4) is 0 Å². The van der Waals surface area contributed by atoms with Gasteiger partial charge in [-0.25, -0.2) is 0 Å². The van der Waals surface area contributed by atoms with Gasteiger partial charge in [0.15, 0.2) is 0 Å². The Morgan fingerprint density at radius 3 is 2.68 bits per heavy atom. The van der Waals surface area contributed by atoms with Gasteiger partial charge >= 0.3 is 0 Å². The molecule has 1 aliphatic carbocycles. The van der Waals surface area contributed by atoms with Crippen LogP contribution in [0.5, 0.6) is 0 Å². The van der Waals surface area contributed by atoms with Crippen molar-refractivity contribution in [3.05, 3.63) is 29.3 Å². The number of amides is 2. The van der Waals surface area contributed by atoms with Crippen molar-refractivity contribution in [1.29, 1.82) is 0 Å². The highest BCUT2D eigenvalue weighted by atomic mass is 16.2. The number of anilines is 1.